The highest BCUT2D eigenvalue weighted by Crippen LogP contribution is 2.16. The summed E-state index contributed by atoms with van der Waals surface area (Å²) in [7, 11) is 0. The molecule has 2 N–H and O–H groups in total. The van der Waals surface area contributed by atoms with Crippen LogP contribution in [0.2, 0.25) is 5.02 Å². The molecule has 0 aliphatic carbocycles. The molecule has 0 aliphatic rings. The lowest BCUT2D eigenvalue weighted by Crippen LogP contribution is -2.23. The molecule has 0 heterocycles. The maximum atomic E-state index is 12.4. The smallest absolute Gasteiger partial charge is 0.308 e. The molecule has 0 aliphatic heterocycles. The fourth-order valence-corrected chi connectivity index (χ4v) is 3.16. The molecule has 158 valence electrons. The zero-order chi connectivity index (χ0) is 22.2. The molecule has 0 saturated carbocycles. The van der Waals surface area contributed by atoms with E-state index < -0.39 is 5.97 Å². The van der Waals surface area contributed by atoms with E-state index in [2.05, 4.69) is 10.6 Å². The highest BCUT2D eigenvalue weighted by molar-refractivity contribution is 6.30. The first-order valence-electron chi connectivity index (χ1n) is 9.59. The van der Waals surface area contributed by atoms with Gasteiger partial charge in [0.15, 0.2) is 0 Å². The lowest BCUT2D eigenvalue weighted by molar-refractivity contribution is -0.131. The molecule has 0 aromatic heterocycles. The molecule has 0 unspecified atom stereocenters. The number of amides is 2. The van der Waals surface area contributed by atoms with Gasteiger partial charge in [0.1, 0.15) is 5.75 Å². The van der Waals surface area contributed by atoms with Crippen molar-refractivity contribution in [3.8, 4) is 5.75 Å². The minimum absolute atomic E-state index is 0.161. The third-order valence-corrected chi connectivity index (χ3v) is 4.51. The normalized spacial score (nSPS) is 10.3. The Morgan fingerprint density at radius 2 is 1.65 bits per heavy atom. The van der Waals surface area contributed by atoms with Gasteiger partial charge in [-0.25, -0.2) is 0 Å². The molecule has 0 saturated heterocycles. The van der Waals surface area contributed by atoms with E-state index in [1.807, 2.05) is 12.1 Å². The molecule has 2 amide bonds. The Morgan fingerprint density at radius 1 is 0.903 bits per heavy atom. The molecular formula is C24H21ClN2O4. The number of anilines is 1. The number of ether oxygens (including phenoxy) is 1. The van der Waals surface area contributed by atoms with Gasteiger partial charge in [0.05, 0.1) is 6.42 Å². The maximum Gasteiger partial charge on any atom is 0.308 e. The first-order chi connectivity index (χ1) is 14.9. The first-order valence-corrected chi connectivity index (χ1v) is 9.97. The Bertz CT molecular complexity index is 1110. The molecule has 6 nitrogen and oxygen atoms in total. The Labute approximate surface area is 185 Å². The van der Waals surface area contributed by atoms with Crippen molar-refractivity contribution in [3.63, 3.8) is 0 Å². The van der Waals surface area contributed by atoms with Gasteiger partial charge in [0, 0.05) is 29.7 Å². The third kappa shape index (κ3) is 6.97. The van der Waals surface area contributed by atoms with E-state index in [0.717, 1.165) is 11.1 Å². The van der Waals surface area contributed by atoms with Gasteiger partial charge in [-0.1, -0.05) is 41.9 Å². The van der Waals surface area contributed by atoms with E-state index >= 15 is 0 Å². The van der Waals surface area contributed by atoms with Crippen molar-refractivity contribution in [1.29, 1.82) is 0 Å². The number of hydrogen-bond donors (Lipinski definition) is 2. The SMILES string of the molecule is CC(=O)Oc1cccc(C(=O)NCc2cccc(NC(=O)Cc3cccc(Cl)c3)c2)c1. The lowest BCUT2D eigenvalue weighted by atomic mass is 10.1. The predicted molar refractivity (Wildman–Crippen MR) is 119 cm³/mol. The molecule has 0 spiro atoms. The van der Waals surface area contributed by atoms with Crippen LogP contribution in [0.3, 0.4) is 0 Å². The second-order valence-corrected chi connectivity index (χ2v) is 7.30. The standard InChI is InChI=1S/C24H21ClN2O4/c1-16(28)31-22-10-4-7-19(14-22)24(30)26-15-18-6-3-9-21(12-18)27-23(29)13-17-5-2-8-20(25)11-17/h2-12,14H,13,15H2,1H3,(H,26,30)(H,27,29). The summed E-state index contributed by atoms with van der Waals surface area (Å²) < 4.78 is 5.00. The molecule has 7 heteroatoms. The van der Waals surface area contributed by atoms with E-state index in [1.165, 1.54) is 13.0 Å². The van der Waals surface area contributed by atoms with Gasteiger partial charge >= 0.3 is 5.97 Å². The lowest BCUT2D eigenvalue weighted by Gasteiger charge is -2.10. The van der Waals surface area contributed by atoms with Crippen molar-refractivity contribution in [2.75, 3.05) is 5.32 Å². The van der Waals surface area contributed by atoms with Crippen LogP contribution in [0.15, 0.2) is 72.8 Å². The van der Waals surface area contributed by atoms with E-state index in [-0.39, 0.29) is 24.8 Å². The molecule has 3 aromatic rings. The molecule has 3 rings (SSSR count). The van der Waals surface area contributed by atoms with Crippen molar-refractivity contribution in [3.05, 3.63) is 94.5 Å². The number of hydrogen-bond acceptors (Lipinski definition) is 4. The number of carbonyl (C=O) groups is 3. The largest absolute Gasteiger partial charge is 0.427 e. The highest BCUT2D eigenvalue weighted by atomic mass is 35.5. The van der Waals surface area contributed by atoms with E-state index in [4.69, 9.17) is 16.3 Å². The zero-order valence-electron chi connectivity index (χ0n) is 16.9. The number of esters is 1. The van der Waals surface area contributed by atoms with Gasteiger partial charge in [0.2, 0.25) is 5.91 Å². The van der Waals surface area contributed by atoms with Crippen LogP contribution in [0.1, 0.15) is 28.4 Å². The summed E-state index contributed by atoms with van der Waals surface area (Å²) in [5, 5.41) is 6.25. The first kappa shape index (κ1) is 22.1. The number of nitrogens with one attached hydrogen (secondary N) is 2. The minimum atomic E-state index is -0.452. The van der Waals surface area contributed by atoms with Crippen molar-refractivity contribution in [1.82, 2.24) is 5.32 Å². The Balaban J connectivity index is 1.57. The molecule has 0 atom stereocenters. The zero-order valence-corrected chi connectivity index (χ0v) is 17.6. The van der Waals surface area contributed by atoms with Crippen LogP contribution >= 0.6 is 11.6 Å². The van der Waals surface area contributed by atoms with Gasteiger partial charge in [-0.3, -0.25) is 14.4 Å². The van der Waals surface area contributed by atoms with Crippen LogP contribution in [0, 0.1) is 0 Å². The monoisotopic (exact) mass is 436 g/mol. The molecule has 0 bridgehead atoms. The molecule has 3 aromatic carbocycles. The number of carbonyl (C=O) groups excluding carboxylic acids is 3. The molecular weight excluding hydrogens is 416 g/mol. The van der Waals surface area contributed by atoms with Gasteiger partial charge in [-0.15, -0.1) is 0 Å². The van der Waals surface area contributed by atoms with Crippen LogP contribution in [-0.4, -0.2) is 17.8 Å². The van der Waals surface area contributed by atoms with E-state index in [1.54, 1.807) is 54.6 Å². The molecule has 0 fully saturated rings. The Morgan fingerprint density at radius 3 is 2.42 bits per heavy atom. The summed E-state index contributed by atoms with van der Waals surface area (Å²) in [5.41, 5.74) is 2.66. The molecule has 31 heavy (non-hydrogen) atoms. The van der Waals surface area contributed by atoms with Crippen LogP contribution in [0.4, 0.5) is 5.69 Å². The summed E-state index contributed by atoms with van der Waals surface area (Å²) in [6, 6.07) is 20.8. The van der Waals surface area contributed by atoms with Crippen LogP contribution in [0.5, 0.6) is 5.75 Å². The highest BCUT2D eigenvalue weighted by Gasteiger charge is 2.09. The second-order valence-electron chi connectivity index (χ2n) is 6.86. The topological polar surface area (TPSA) is 84.5 Å². The predicted octanol–water partition coefficient (Wildman–Crippen LogP) is 4.38. The van der Waals surface area contributed by atoms with Gasteiger partial charge in [-0.2, -0.15) is 0 Å². The van der Waals surface area contributed by atoms with Gasteiger partial charge in [0.25, 0.3) is 5.91 Å². The number of halogens is 1. The summed E-state index contributed by atoms with van der Waals surface area (Å²) in [6.45, 7) is 1.57. The minimum Gasteiger partial charge on any atom is -0.427 e. The summed E-state index contributed by atoms with van der Waals surface area (Å²) in [6.07, 6.45) is 0.209. The van der Waals surface area contributed by atoms with Crippen molar-refractivity contribution in [2.45, 2.75) is 19.9 Å². The van der Waals surface area contributed by atoms with Crippen molar-refractivity contribution >= 4 is 35.1 Å². The fourth-order valence-electron chi connectivity index (χ4n) is 2.95. The van der Waals surface area contributed by atoms with Crippen molar-refractivity contribution < 1.29 is 19.1 Å². The summed E-state index contributed by atoms with van der Waals surface area (Å²) >= 11 is 5.96. The van der Waals surface area contributed by atoms with Crippen LogP contribution < -0.4 is 15.4 Å². The number of benzene rings is 3. The Kier molecular flexibility index (Phi) is 7.40. The molecule has 0 radical (unpaired) electrons. The second kappa shape index (κ2) is 10.4. The summed E-state index contributed by atoms with van der Waals surface area (Å²) in [4.78, 5) is 35.8. The average molecular weight is 437 g/mol. The quantitative estimate of drug-likeness (QED) is 0.425. The summed E-state index contributed by atoms with van der Waals surface area (Å²) in [5.74, 6) is -0.605. The van der Waals surface area contributed by atoms with Crippen molar-refractivity contribution in [2.24, 2.45) is 0 Å². The van der Waals surface area contributed by atoms with Gasteiger partial charge < -0.3 is 15.4 Å². The van der Waals surface area contributed by atoms with Crippen LogP contribution in [0.25, 0.3) is 0 Å². The third-order valence-electron chi connectivity index (χ3n) is 4.28. The van der Waals surface area contributed by atoms with Crippen LogP contribution in [-0.2, 0) is 22.6 Å². The fraction of sp³-hybridized carbons (Fsp3) is 0.125. The van der Waals surface area contributed by atoms with E-state index in [0.29, 0.717) is 22.0 Å². The Hall–Kier alpha value is -3.64. The maximum absolute atomic E-state index is 12.4. The number of rotatable bonds is 7. The average Bonchev–Trinajstić information content (AvgIpc) is 2.72. The van der Waals surface area contributed by atoms with E-state index in [9.17, 15) is 14.4 Å². The van der Waals surface area contributed by atoms with Gasteiger partial charge in [-0.05, 0) is 53.6 Å².